The van der Waals surface area contributed by atoms with Gasteiger partial charge in [-0.3, -0.25) is 4.79 Å². The van der Waals surface area contributed by atoms with E-state index in [0.29, 0.717) is 17.1 Å². The molecular weight excluding hydrogens is 246 g/mol. The van der Waals surface area contributed by atoms with Crippen molar-refractivity contribution in [2.24, 2.45) is 0 Å². The Morgan fingerprint density at radius 3 is 2.58 bits per heavy atom. The summed E-state index contributed by atoms with van der Waals surface area (Å²) >= 11 is 0. The van der Waals surface area contributed by atoms with Crippen molar-refractivity contribution < 1.29 is 19.4 Å². The van der Waals surface area contributed by atoms with E-state index in [1.165, 1.54) is 0 Å². The zero-order chi connectivity index (χ0) is 14.4. The average molecular weight is 267 g/mol. The Morgan fingerprint density at radius 2 is 2.05 bits per heavy atom. The highest BCUT2D eigenvalue weighted by Gasteiger charge is 2.12. The van der Waals surface area contributed by atoms with Gasteiger partial charge >= 0.3 is 0 Å². The molecule has 0 bridgehead atoms. The summed E-state index contributed by atoms with van der Waals surface area (Å²) in [4.78, 5) is 11.5. The molecule has 0 aromatic heterocycles. The van der Waals surface area contributed by atoms with Gasteiger partial charge in [0, 0.05) is 17.7 Å². The van der Waals surface area contributed by atoms with Crippen molar-refractivity contribution >= 4 is 5.91 Å². The third-order valence-corrected chi connectivity index (χ3v) is 2.48. The van der Waals surface area contributed by atoms with Crippen LogP contribution in [0.15, 0.2) is 18.2 Å². The molecule has 0 fully saturated rings. The zero-order valence-corrected chi connectivity index (χ0v) is 11.8. The standard InChI is InChI=1S/C14H21NO4/c1-9(2)15-14(17)8-19-13-7-11(18-4)5-6-12(13)10(3)16/h5-7,9-10,16H,8H2,1-4H3,(H,15,17). The predicted octanol–water partition coefficient (Wildman–Crippen LogP) is 1.65. The molecule has 2 N–H and O–H groups in total. The van der Waals surface area contributed by atoms with Gasteiger partial charge in [-0.05, 0) is 32.9 Å². The number of benzene rings is 1. The Bertz CT molecular complexity index is 429. The number of carbonyl (C=O) groups is 1. The minimum absolute atomic E-state index is 0.0673. The maximum Gasteiger partial charge on any atom is 0.258 e. The first kappa shape index (κ1) is 15.3. The molecule has 0 saturated heterocycles. The Balaban J connectivity index is 2.77. The van der Waals surface area contributed by atoms with Crippen molar-refractivity contribution in [2.75, 3.05) is 13.7 Å². The minimum Gasteiger partial charge on any atom is -0.497 e. The number of methoxy groups -OCH3 is 1. The zero-order valence-electron chi connectivity index (χ0n) is 11.8. The molecule has 0 spiro atoms. The van der Waals surface area contributed by atoms with Crippen LogP contribution in [0, 0.1) is 0 Å². The summed E-state index contributed by atoms with van der Waals surface area (Å²) < 4.78 is 10.6. The summed E-state index contributed by atoms with van der Waals surface area (Å²) in [6.07, 6.45) is -0.672. The lowest BCUT2D eigenvalue weighted by Crippen LogP contribution is -2.34. The molecule has 0 radical (unpaired) electrons. The van der Waals surface area contributed by atoms with Crippen molar-refractivity contribution in [3.8, 4) is 11.5 Å². The Hall–Kier alpha value is -1.75. The number of amides is 1. The van der Waals surface area contributed by atoms with Crippen molar-refractivity contribution in [1.82, 2.24) is 5.32 Å². The topological polar surface area (TPSA) is 67.8 Å². The fourth-order valence-corrected chi connectivity index (χ4v) is 1.62. The van der Waals surface area contributed by atoms with E-state index in [9.17, 15) is 9.90 Å². The molecule has 1 aromatic rings. The lowest BCUT2D eigenvalue weighted by Gasteiger charge is -2.15. The van der Waals surface area contributed by atoms with Gasteiger partial charge in [0.15, 0.2) is 6.61 Å². The van der Waals surface area contributed by atoms with E-state index in [-0.39, 0.29) is 18.6 Å². The van der Waals surface area contributed by atoms with Gasteiger partial charge in [-0.1, -0.05) is 0 Å². The Morgan fingerprint density at radius 1 is 1.37 bits per heavy atom. The summed E-state index contributed by atoms with van der Waals surface area (Å²) in [5.41, 5.74) is 0.623. The number of aliphatic hydroxyl groups is 1. The molecule has 1 amide bonds. The maximum atomic E-state index is 11.5. The monoisotopic (exact) mass is 267 g/mol. The van der Waals surface area contributed by atoms with Crippen LogP contribution in [-0.4, -0.2) is 30.8 Å². The second-order valence-corrected chi connectivity index (χ2v) is 4.59. The van der Waals surface area contributed by atoms with E-state index < -0.39 is 6.10 Å². The molecule has 1 atom stereocenters. The number of rotatable bonds is 6. The van der Waals surface area contributed by atoms with E-state index in [1.807, 2.05) is 13.8 Å². The third kappa shape index (κ3) is 4.79. The number of aliphatic hydroxyl groups excluding tert-OH is 1. The third-order valence-electron chi connectivity index (χ3n) is 2.48. The van der Waals surface area contributed by atoms with Crippen molar-refractivity contribution in [2.45, 2.75) is 32.9 Å². The van der Waals surface area contributed by atoms with E-state index in [0.717, 1.165) is 0 Å². The number of hydrogen-bond acceptors (Lipinski definition) is 4. The molecule has 0 aliphatic heterocycles. The fourth-order valence-electron chi connectivity index (χ4n) is 1.62. The first-order chi connectivity index (χ1) is 8.93. The maximum absolute atomic E-state index is 11.5. The number of ether oxygens (including phenoxy) is 2. The van der Waals surface area contributed by atoms with Gasteiger partial charge < -0.3 is 19.9 Å². The van der Waals surface area contributed by atoms with Crippen molar-refractivity contribution in [3.63, 3.8) is 0 Å². The minimum atomic E-state index is -0.672. The molecule has 1 rings (SSSR count). The van der Waals surface area contributed by atoms with Gasteiger partial charge in [0.2, 0.25) is 0 Å². The summed E-state index contributed by atoms with van der Waals surface area (Å²) in [6, 6.07) is 5.19. The van der Waals surface area contributed by atoms with Gasteiger partial charge in [0.05, 0.1) is 13.2 Å². The van der Waals surface area contributed by atoms with Crippen LogP contribution in [0.25, 0.3) is 0 Å². The van der Waals surface area contributed by atoms with Crippen LogP contribution in [0.1, 0.15) is 32.4 Å². The second-order valence-electron chi connectivity index (χ2n) is 4.59. The van der Waals surface area contributed by atoms with Crippen LogP contribution in [0.2, 0.25) is 0 Å². The molecule has 1 unspecified atom stereocenters. The molecule has 1 aromatic carbocycles. The van der Waals surface area contributed by atoms with E-state index >= 15 is 0 Å². The highest BCUT2D eigenvalue weighted by atomic mass is 16.5. The smallest absolute Gasteiger partial charge is 0.258 e. The van der Waals surface area contributed by atoms with Crippen molar-refractivity contribution in [1.29, 1.82) is 0 Å². The van der Waals surface area contributed by atoms with Gasteiger partial charge in [0.25, 0.3) is 5.91 Å². The largest absolute Gasteiger partial charge is 0.497 e. The van der Waals surface area contributed by atoms with E-state index in [2.05, 4.69) is 5.32 Å². The van der Waals surface area contributed by atoms with E-state index in [1.54, 1.807) is 32.2 Å². The fraction of sp³-hybridized carbons (Fsp3) is 0.500. The first-order valence-electron chi connectivity index (χ1n) is 6.22. The average Bonchev–Trinajstić information content (AvgIpc) is 2.34. The Labute approximate surface area is 113 Å². The van der Waals surface area contributed by atoms with Crippen molar-refractivity contribution in [3.05, 3.63) is 23.8 Å². The summed E-state index contributed by atoms with van der Waals surface area (Å²) in [5, 5.41) is 12.4. The molecule has 19 heavy (non-hydrogen) atoms. The van der Waals surface area contributed by atoms with Gasteiger partial charge in [-0.2, -0.15) is 0 Å². The van der Waals surface area contributed by atoms with Gasteiger partial charge in [-0.15, -0.1) is 0 Å². The van der Waals surface area contributed by atoms with Crippen LogP contribution in [0.5, 0.6) is 11.5 Å². The van der Waals surface area contributed by atoms with Gasteiger partial charge in [-0.25, -0.2) is 0 Å². The quantitative estimate of drug-likeness (QED) is 0.822. The van der Waals surface area contributed by atoms with Crippen LogP contribution < -0.4 is 14.8 Å². The SMILES string of the molecule is COc1ccc(C(C)O)c(OCC(=O)NC(C)C)c1. The highest BCUT2D eigenvalue weighted by molar-refractivity contribution is 5.77. The van der Waals surface area contributed by atoms with Crippen LogP contribution in [0.4, 0.5) is 0 Å². The van der Waals surface area contributed by atoms with Gasteiger partial charge in [0.1, 0.15) is 11.5 Å². The van der Waals surface area contributed by atoms with Crippen LogP contribution in [-0.2, 0) is 4.79 Å². The summed E-state index contributed by atoms with van der Waals surface area (Å²) in [6.45, 7) is 5.31. The normalized spacial score (nSPS) is 12.1. The van der Waals surface area contributed by atoms with Crippen LogP contribution >= 0.6 is 0 Å². The lowest BCUT2D eigenvalue weighted by molar-refractivity contribution is -0.123. The number of nitrogens with one attached hydrogen (secondary N) is 1. The second kappa shape index (κ2) is 6.99. The molecule has 0 saturated carbocycles. The summed E-state index contributed by atoms with van der Waals surface area (Å²) in [7, 11) is 1.55. The number of carbonyl (C=O) groups excluding carboxylic acids is 1. The predicted molar refractivity (Wildman–Crippen MR) is 72.4 cm³/mol. The Kier molecular flexibility index (Phi) is 5.63. The molecule has 0 aliphatic rings. The van der Waals surface area contributed by atoms with E-state index in [4.69, 9.17) is 9.47 Å². The molecular formula is C14H21NO4. The molecule has 5 nitrogen and oxygen atoms in total. The highest BCUT2D eigenvalue weighted by Crippen LogP contribution is 2.29. The molecule has 0 heterocycles. The molecule has 5 heteroatoms. The molecule has 106 valence electrons. The summed E-state index contributed by atoms with van der Waals surface area (Å²) in [5.74, 6) is 0.867. The molecule has 0 aliphatic carbocycles. The lowest BCUT2D eigenvalue weighted by atomic mass is 10.1. The first-order valence-corrected chi connectivity index (χ1v) is 6.22. The van der Waals surface area contributed by atoms with Crippen LogP contribution in [0.3, 0.4) is 0 Å². The number of hydrogen-bond donors (Lipinski definition) is 2.